The van der Waals surface area contributed by atoms with E-state index in [0.29, 0.717) is 5.82 Å². The van der Waals surface area contributed by atoms with Gasteiger partial charge in [-0.3, -0.25) is 9.13 Å². The maximum absolute atomic E-state index is 11.9. The van der Waals surface area contributed by atoms with Crippen molar-refractivity contribution >= 4 is 11.8 Å². The van der Waals surface area contributed by atoms with Crippen molar-refractivity contribution in [3.8, 4) is 11.5 Å². The average Bonchev–Trinajstić information content (AvgIpc) is 2.75. The van der Waals surface area contributed by atoms with Crippen molar-refractivity contribution in [2.45, 2.75) is 5.03 Å². The van der Waals surface area contributed by atoms with Crippen molar-refractivity contribution in [1.82, 2.24) is 19.1 Å². The number of rotatable bonds is 3. The van der Waals surface area contributed by atoms with Crippen molar-refractivity contribution in [3.63, 3.8) is 0 Å². The molecule has 2 aliphatic rings. The van der Waals surface area contributed by atoms with Gasteiger partial charge in [-0.15, -0.1) is 18.3 Å². The van der Waals surface area contributed by atoms with Crippen molar-refractivity contribution < 1.29 is 0 Å². The molecule has 84 valence electrons. The Morgan fingerprint density at radius 2 is 2.19 bits per heavy atom. The Morgan fingerprint density at radius 1 is 1.44 bits per heavy atom. The standard InChI is InChI=1S/C10H12N4OS/c1-4-5-16-9-7-8(12-6-11-7)13(2)10(15)14(9)3/h4,6H,1,5H2,2-3H3. The maximum Gasteiger partial charge on any atom is 0.330 e. The molecular weight excluding hydrogens is 224 g/mol. The lowest BCUT2D eigenvalue weighted by Crippen LogP contribution is -2.30. The van der Waals surface area contributed by atoms with Crippen molar-refractivity contribution in [2.24, 2.45) is 14.1 Å². The molecule has 0 radical (unpaired) electrons. The molecule has 0 spiro atoms. The average molecular weight is 236 g/mol. The molecule has 2 heterocycles. The Kier molecular flexibility index (Phi) is 2.82. The molecule has 0 fully saturated rings. The molecule has 2 rings (SSSR count). The van der Waals surface area contributed by atoms with Crippen molar-refractivity contribution in [1.29, 1.82) is 0 Å². The van der Waals surface area contributed by atoms with E-state index in [2.05, 4.69) is 16.5 Å². The van der Waals surface area contributed by atoms with Gasteiger partial charge < -0.3 is 0 Å². The highest BCUT2D eigenvalue weighted by Gasteiger charge is 2.19. The minimum absolute atomic E-state index is 0.0976. The third-order valence-electron chi connectivity index (χ3n) is 2.32. The first kappa shape index (κ1) is 10.9. The summed E-state index contributed by atoms with van der Waals surface area (Å²) in [5, 5.41) is 0.829. The second-order valence-corrected chi connectivity index (χ2v) is 4.36. The van der Waals surface area contributed by atoms with Crippen LogP contribution in [0.25, 0.3) is 11.5 Å². The van der Waals surface area contributed by atoms with E-state index in [-0.39, 0.29) is 5.69 Å². The van der Waals surface area contributed by atoms with Crippen LogP contribution in [0.5, 0.6) is 0 Å². The Bertz CT molecular complexity index is 557. The van der Waals surface area contributed by atoms with Gasteiger partial charge in [-0.05, 0) is 0 Å². The number of nitrogens with zero attached hydrogens (tertiary/aromatic N) is 4. The van der Waals surface area contributed by atoms with Crippen LogP contribution in [0.15, 0.2) is 28.8 Å². The van der Waals surface area contributed by atoms with E-state index in [0.717, 1.165) is 16.5 Å². The molecule has 0 saturated carbocycles. The van der Waals surface area contributed by atoms with Gasteiger partial charge in [-0.2, -0.15) is 0 Å². The molecule has 0 aliphatic carbocycles. The molecule has 16 heavy (non-hydrogen) atoms. The van der Waals surface area contributed by atoms with Crippen LogP contribution in [0.3, 0.4) is 0 Å². The predicted molar refractivity (Wildman–Crippen MR) is 63.8 cm³/mol. The molecule has 0 aromatic carbocycles. The monoisotopic (exact) mass is 236 g/mol. The lowest BCUT2D eigenvalue weighted by molar-refractivity contribution is 0.650. The largest absolute Gasteiger partial charge is 0.330 e. The maximum atomic E-state index is 11.9. The Balaban J connectivity index is 2.68. The van der Waals surface area contributed by atoms with Crippen molar-refractivity contribution in [3.05, 3.63) is 29.5 Å². The van der Waals surface area contributed by atoms with Crippen LogP contribution in [0, 0.1) is 0 Å². The summed E-state index contributed by atoms with van der Waals surface area (Å²) in [6, 6.07) is 0. The third kappa shape index (κ3) is 1.55. The highest BCUT2D eigenvalue weighted by atomic mass is 32.2. The summed E-state index contributed by atoms with van der Waals surface area (Å²) in [5.41, 5.74) is 0.663. The smallest absolute Gasteiger partial charge is 0.289 e. The second-order valence-electron chi connectivity index (χ2n) is 3.35. The summed E-state index contributed by atoms with van der Waals surface area (Å²) in [4.78, 5) is 20.2. The van der Waals surface area contributed by atoms with Crippen LogP contribution in [0.1, 0.15) is 0 Å². The summed E-state index contributed by atoms with van der Waals surface area (Å²) in [6.07, 6.45) is 3.27. The zero-order valence-corrected chi connectivity index (χ0v) is 9.99. The van der Waals surface area contributed by atoms with Gasteiger partial charge in [-0.25, -0.2) is 14.8 Å². The third-order valence-corrected chi connectivity index (χ3v) is 3.46. The van der Waals surface area contributed by atoms with E-state index < -0.39 is 0 Å². The summed E-state index contributed by atoms with van der Waals surface area (Å²) in [7, 11) is 3.43. The van der Waals surface area contributed by atoms with E-state index in [9.17, 15) is 4.79 Å². The molecule has 6 heteroatoms. The van der Waals surface area contributed by atoms with Crippen LogP contribution < -0.4 is 5.69 Å². The number of aromatic nitrogens is 4. The van der Waals surface area contributed by atoms with Gasteiger partial charge >= 0.3 is 5.69 Å². The fourth-order valence-corrected chi connectivity index (χ4v) is 2.35. The molecule has 0 unspecified atom stereocenters. The molecule has 0 aromatic heterocycles. The first-order valence-electron chi connectivity index (χ1n) is 4.77. The molecule has 0 aromatic rings. The van der Waals surface area contributed by atoms with E-state index in [1.165, 1.54) is 22.7 Å². The fraction of sp³-hybridized carbons (Fsp3) is 0.300. The SMILES string of the molecule is C=CCSc1c2ncnc-2n(C)c(=O)n1C. The lowest BCUT2D eigenvalue weighted by Gasteiger charge is -2.13. The highest BCUT2D eigenvalue weighted by molar-refractivity contribution is 7.99. The molecule has 0 atom stereocenters. The summed E-state index contributed by atoms with van der Waals surface area (Å²) in [5.74, 6) is 1.36. The highest BCUT2D eigenvalue weighted by Crippen LogP contribution is 2.27. The predicted octanol–water partition coefficient (Wildman–Crippen LogP) is 0.897. The summed E-state index contributed by atoms with van der Waals surface area (Å²) < 4.78 is 3.09. The van der Waals surface area contributed by atoms with E-state index >= 15 is 0 Å². The molecule has 2 aliphatic heterocycles. The minimum Gasteiger partial charge on any atom is -0.289 e. The van der Waals surface area contributed by atoms with E-state index in [4.69, 9.17) is 0 Å². The fourth-order valence-electron chi connectivity index (χ4n) is 1.52. The van der Waals surface area contributed by atoms with Crippen LogP contribution in [0.4, 0.5) is 0 Å². The number of imidazole rings is 1. The van der Waals surface area contributed by atoms with Crippen molar-refractivity contribution in [2.75, 3.05) is 5.75 Å². The zero-order chi connectivity index (χ0) is 11.7. The Hall–Kier alpha value is -1.56. The molecule has 0 bridgehead atoms. The quantitative estimate of drug-likeness (QED) is 0.451. The Labute approximate surface area is 97.2 Å². The second kappa shape index (κ2) is 4.13. The first-order valence-corrected chi connectivity index (χ1v) is 5.75. The number of fused-ring (bicyclic) bond motifs is 1. The van der Waals surface area contributed by atoms with Gasteiger partial charge in [0.05, 0.1) is 0 Å². The molecule has 0 N–H and O–H groups in total. The van der Waals surface area contributed by atoms with Gasteiger partial charge in [0.1, 0.15) is 17.0 Å². The summed E-state index contributed by atoms with van der Waals surface area (Å²) >= 11 is 1.53. The lowest BCUT2D eigenvalue weighted by atomic mass is 10.4. The van der Waals surface area contributed by atoms with Crippen LogP contribution in [-0.4, -0.2) is 24.9 Å². The molecular formula is C10H12N4OS. The van der Waals surface area contributed by atoms with Gasteiger partial charge in [0.15, 0.2) is 5.82 Å². The van der Waals surface area contributed by atoms with Crippen LogP contribution >= 0.6 is 11.8 Å². The van der Waals surface area contributed by atoms with Crippen LogP contribution in [0.2, 0.25) is 0 Å². The van der Waals surface area contributed by atoms with E-state index in [1.807, 2.05) is 0 Å². The normalized spacial score (nSPS) is 10.9. The number of hydrogen-bond acceptors (Lipinski definition) is 4. The number of thioether (sulfide) groups is 1. The van der Waals surface area contributed by atoms with Gasteiger partial charge in [0.25, 0.3) is 0 Å². The first-order chi connectivity index (χ1) is 7.66. The Morgan fingerprint density at radius 3 is 2.88 bits per heavy atom. The summed E-state index contributed by atoms with van der Waals surface area (Å²) in [6.45, 7) is 3.66. The van der Waals surface area contributed by atoms with Gasteiger partial charge in [0.2, 0.25) is 0 Å². The van der Waals surface area contributed by atoms with Gasteiger partial charge in [-0.1, -0.05) is 6.08 Å². The number of hydrogen-bond donors (Lipinski definition) is 0. The van der Waals surface area contributed by atoms with Crippen LogP contribution in [-0.2, 0) is 14.1 Å². The van der Waals surface area contributed by atoms with E-state index in [1.54, 1.807) is 24.7 Å². The molecule has 0 saturated heterocycles. The minimum atomic E-state index is -0.0976. The molecule has 5 nitrogen and oxygen atoms in total. The van der Waals surface area contributed by atoms with Gasteiger partial charge in [0, 0.05) is 19.8 Å². The molecule has 0 amide bonds. The topological polar surface area (TPSA) is 52.7 Å². The zero-order valence-electron chi connectivity index (χ0n) is 9.17.